The Bertz CT molecular complexity index is 480. The van der Waals surface area contributed by atoms with E-state index in [1.807, 2.05) is 18.2 Å². The van der Waals surface area contributed by atoms with Gasteiger partial charge in [-0.25, -0.2) is 0 Å². The van der Waals surface area contributed by atoms with Gasteiger partial charge in [0.25, 0.3) is 0 Å². The molecule has 1 aliphatic heterocycles. The Balaban J connectivity index is 1.73. The molecule has 20 heavy (non-hydrogen) atoms. The molecule has 0 unspecified atom stereocenters. The number of para-hydroxylation sites is 1. The van der Waals surface area contributed by atoms with Crippen LogP contribution in [0.1, 0.15) is 25.8 Å². The summed E-state index contributed by atoms with van der Waals surface area (Å²) < 4.78 is 11.4. The van der Waals surface area contributed by atoms with Crippen LogP contribution >= 0.6 is 0 Å². The number of hydrogen-bond donors (Lipinski definition) is 0. The lowest BCUT2D eigenvalue weighted by Gasteiger charge is -2.38. The lowest BCUT2D eigenvalue weighted by Crippen LogP contribution is -2.48. The fourth-order valence-electron chi connectivity index (χ4n) is 2.46. The molecule has 0 saturated carbocycles. The van der Waals surface area contributed by atoms with E-state index >= 15 is 0 Å². The van der Waals surface area contributed by atoms with Crippen molar-refractivity contribution >= 4 is 0 Å². The second kappa shape index (κ2) is 6.74. The maximum Gasteiger partial charge on any atom is 0.137 e. The van der Waals surface area contributed by atoms with Crippen molar-refractivity contribution in [2.75, 3.05) is 32.8 Å². The Morgan fingerprint density at radius 1 is 1.40 bits per heavy atom. The summed E-state index contributed by atoms with van der Waals surface area (Å²) in [5.74, 6) is 0.678. The molecular weight excluding hydrogens is 252 g/mol. The van der Waals surface area contributed by atoms with Crippen LogP contribution in [0.25, 0.3) is 0 Å². The first-order valence-corrected chi connectivity index (χ1v) is 7.09. The minimum absolute atomic E-state index is 0.0491. The Kier molecular flexibility index (Phi) is 4.99. The molecule has 1 aliphatic rings. The van der Waals surface area contributed by atoms with Crippen molar-refractivity contribution in [1.82, 2.24) is 4.90 Å². The molecule has 1 heterocycles. The number of morpholine rings is 1. The minimum Gasteiger partial charge on any atom is -0.492 e. The maximum absolute atomic E-state index is 8.98. The van der Waals surface area contributed by atoms with Gasteiger partial charge in [-0.1, -0.05) is 12.1 Å². The van der Waals surface area contributed by atoms with Crippen LogP contribution in [-0.4, -0.2) is 43.3 Å². The predicted octanol–water partition coefficient (Wildman–Crippen LogP) is 2.44. The van der Waals surface area contributed by atoms with Gasteiger partial charge in [0.15, 0.2) is 0 Å². The van der Waals surface area contributed by atoms with Gasteiger partial charge < -0.3 is 9.47 Å². The standard InChI is InChI=1S/C16H22N2O2/c1-16(2)13-18(9-11-20-16)8-5-10-19-15-7-4-3-6-14(15)12-17/h3-4,6-7H,5,8-11,13H2,1-2H3. The number of ether oxygens (including phenoxy) is 2. The Morgan fingerprint density at radius 2 is 2.20 bits per heavy atom. The quantitative estimate of drug-likeness (QED) is 0.774. The number of nitriles is 1. The third-order valence-corrected chi connectivity index (χ3v) is 3.39. The number of hydrogen-bond acceptors (Lipinski definition) is 4. The zero-order valence-corrected chi connectivity index (χ0v) is 12.3. The van der Waals surface area contributed by atoms with E-state index in [9.17, 15) is 0 Å². The smallest absolute Gasteiger partial charge is 0.137 e. The lowest BCUT2D eigenvalue weighted by atomic mass is 10.1. The largest absolute Gasteiger partial charge is 0.492 e. The van der Waals surface area contributed by atoms with E-state index in [0.717, 1.165) is 32.7 Å². The summed E-state index contributed by atoms with van der Waals surface area (Å²) in [5, 5.41) is 8.98. The highest BCUT2D eigenvalue weighted by Gasteiger charge is 2.26. The molecule has 1 aromatic carbocycles. The first kappa shape index (κ1) is 14.8. The highest BCUT2D eigenvalue weighted by atomic mass is 16.5. The molecule has 0 aromatic heterocycles. The van der Waals surface area contributed by atoms with E-state index in [-0.39, 0.29) is 5.60 Å². The van der Waals surface area contributed by atoms with Gasteiger partial charge in [-0.3, -0.25) is 4.90 Å². The fraction of sp³-hybridized carbons (Fsp3) is 0.562. The third-order valence-electron chi connectivity index (χ3n) is 3.39. The van der Waals surface area contributed by atoms with Crippen molar-refractivity contribution in [2.24, 2.45) is 0 Å². The van der Waals surface area contributed by atoms with Crippen LogP contribution in [0.2, 0.25) is 0 Å². The molecule has 1 fully saturated rings. The lowest BCUT2D eigenvalue weighted by molar-refractivity contribution is -0.0864. The zero-order valence-electron chi connectivity index (χ0n) is 12.3. The summed E-state index contributed by atoms with van der Waals surface area (Å²) in [6.07, 6.45) is 0.954. The van der Waals surface area contributed by atoms with Crippen LogP contribution in [0.4, 0.5) is 0 Å². The van der Waals surface area contributed by atoms with Crippen molar-refractivity contribution < 1.29 is 9.47 Å². The molecule has 0 N–H and O–H groups in total. The van der Waals surface area contributed by atoms with Gasteiger partial charge in [-0.2, -0.15) is 5.26 Å². The molecule has 0 amide bonds. The Labute approximate surface area is 120 Å². The van der Waals surface area contributed by atoms with Crippen LogP contribution in [-0.2, 0) is 4.74 Å². The SMILES string of the molecule is CC1(C)CN(CCCOc2ccccc2C#N)CCO1. The summed E-state index contributed by atoms with van der Waals surface area (Å²) in [5.41, 5.74) is 0.548. The molecule has 0 spiro atoms. The molecule has 0 atom stereocenters. The van der Waals surface area contributed by atoms with Gasteiger partial charge in [0, 0.05) is 19.6 Å². The van der Waals surface area contributed by atoms with E-state index < -0.39 is 0 Å². The summed E-state index contributed by atoms with van der Waals surface area (Å²) in [6.45, 7) is 8.63. The molecule has 0 aliphatic carbocycles. The van der Waals surface area contributed by atoms with Crippen LogP contribution in [0.15, 0.2) is 24.3 Å². The van der Waals surface area contributed by atoms with Crippen LogP contribution < -0.4 is 4.74 Å². The Morgan fingerprint density at radius 3 is 2.95 bits per heavy atom. The minimum atomic E-state index is -0.0491. The summed E-state index contributed by atoms with van der Waals surface area (Å²) in [4.78, 5) is 2.41. The molecule has 108 valence electrons. The zero-order chi connectivity index (χ0) is 14.4. The van der Waals surface area contributed by atoms with Crippen molar-refractivity contribution in [3.05, 3.63) is 29.8 Å². The number of rotatable bonds is 5. The average molecular weight is 274 g/mol. The normalized spacial score (nSPS) is 18.4. The van der Waals surface area contributed by atoms with Gasteiger partial charge in [-0.05, 0) is 32.4 Å². The highest BCUT2D eigenvalue weighted by Crippen LogP contribution is 2.18. The Hall–Kier alpha value is -1.57. The monoisotopic (exact) mass is 274 g/mol. The summed E-state index contributed by atoms with van der Waals surface area (Å²) in [7, 11) is 0. The molecule has 2 rings (SSSR count). The molecular formula is C16H22N2O2. The molecule has 4 nitrogen and oxygen atoms in total. The van der Waals surface area contributed by atoms with E-state index in [0.29, 0.717) is 17.9 Å². The molecule has 4 heteroatoms. The first-order chi connectivity index (χ1) is 9.61. The van der Waals surface area contributed by atoms with Crippen molar-refractivity contribution in [3.63, 3.8) is 0 Å². The predicted molar refractivity (Wildman–Crippen MR) is 77.7 cm³/mol. The van der Waals surface area contributed by atoms with Crippen molar-refractivity contribution in [1.29, 1.82) is 5.26 Å². The molecule has 1 aromatic rings. The molecule has 0 bridgehead atoms. The highest BCUT2D eigenvalue weighted by molar-refractivity contribution is 5.42. The first-order valence-electron chi connectivity index (χ1n) is 7.09. The second-order valence-corrected chi connectivity index (χ2v) is 5.69. The molecule has 0 radical (unpaired) electrons. The third kappa shape index (κ3) is 4.22. The fourth-order valence-corrected chi connectivity index (χ4v) is 2.46. The van der Waals surface area contributed by atoms with E-state index in [2.05, 4.69) is 24.8 Å². The van der Waals surface area contributed by atoms with E-state index in [4.69, 9.17) is 14.7 Å². The van der Waals surface area contributed by atoms with Crippen LogP contribution in [0.5, 0.6) is 5.75 Å². The summed E-state index contributed by atoms with van der Waals surface area (Å²) in [6, 6.07) is 9.50. The van der Waals surface area contributed by atoms with Crippen LogP contribution in [0.3, 0.4) is 0 Å². The van der Waals surface area contributed by atoms with Gasteiger partial charge in [0.2, 0.25) is 0 Å². The van der Waals surface area contributed by atoms with E-state index in [1.165, 1.54) is 0 Å². The van der Waals surface area contributed by atoms with Gasteiger partial charge in [0.1, 0.15) is 11.8 Å². The number of benzene rings is 1. The summed E-state index contributed by atoms with van der Waals surface area (Å²) >= 11 is 0. The van der Waals surface area contributed by atoms with Crippen molar-refractivity contribution in [2.45, 2.75) is 25.9 Å². The van der Waals surface area contributed by atoms with Crippen molar-refractivity contribution in [3.8, 4) is 11.8 Å². The van der Waals surface area contributed by atoms with Gasteiger partial charge in [0.05, 0.1) is 24.4 Å². The average Bonchev–Trinajstić information content (AvgIpc) is 2.43. The maximum atomic E-state index is 8.98. The second-order valence-electron chi connectivity index (χ2n) is 5.69. The molecule has 1 saturated heterocycles. The van der Waals surface area contributed by atoms with Gasteiger partial charge in [-0.15, -0.1) is 0 Å². The van der Waals surface area contributed by atoms with Gasteiger partial charge >= 0.3 is 0 Å². The number of nitrogens with zero attached hydrogens (tertiary/aromatic N) is 2. The topological polar surface area (TPSA) is 45.5 Å². The van der Waals surface area contributed by atoms with E-state index in [1.54, 1.807) is 6.07 Å². The van der Waals surface area contributed by atoms with Crippen LogP contribution in [0, 0.1) is 11.3 Å².